The van der Waals surface area contributed by atoms with Crippen LogP contribution >= 0.6 is 0 Å². The van der Waals surface area contributed by atoms with Crippen LogP contribution in [0.2, 0.25) is 0 Å². The van der Waals surface area contributed by atoms with E-state index in [4.69, 9.17) is 21.1 Å². The number of carbonyl (C=O) groups excluding carboxylic acids is 3. The lowest BCUT2D eigenvalue weighted by Crippen LogP contribution is -2.56. The molecular formula is C14H22N4O9. The molecule has 0 heterocycles. The highest BCUT2D eigenvalue weighted by molar-refractivity contribution is 5.95. The van der Waals surface area contributed by atoms with E-state index in [2.05, 4.69) is 10.6 Å². The van der Waals surface area contributed by atoms with E-state index in [9.17, 15) is 28.8 Å². The molecule has 27 heavy (non-hydrogen) atoms. The Kier molecular flexibility index (Phi) is 10.0. The Bertz CT molecular complexity index is 605. The van der Waals surface area contributed by atoms with Crippen molar-refractivity contribution in [3.63, 3.8) is 0 Å². The van der Waals surface area contributed by atoms with Gasteiger partial charge in [-0.25, -0.2) is 0 Å². The molecule has 152 valence electrons. The van der Waals surface area contributed by atoms with Crippen LogP contribution in [-0.4, -0.2) is 75.6 Å². The van der Waals surface area contributed by atoms with Gasteiger partial charge in [-0.3, -0.25) is 28.8 Å². The van der Waals surface area contributed by atoms with E-state index in [1.807, 2.05) is 5.32 Å². The Labute approximate surface area is 153 Å². The van der Waals surface area contributed by atoms with E-state index >= 15 is 0 Å². The van der Waals surface area contributed by atoms with Crippen molar-refractivity contribution in [2.75, 3.05) is 6.54 Å². The lowest BCUT2D eigenvalue weighted by Gasteiger charge is -2.22. The van der Waals surface area contributed by atoms with Gasteiger partial charge in [0.1, 0.15) is 18.6 Å². The van der Waals surface area contributed by atoms with Crippen molar-refractivity contribution in [3.05, 3.63) is 0 Å². The number of hydrogen-bond donors (Lipinski definition) is 7. The third kappa shape index (κ3) is 10.4. The van der Waals surface area contributed by atoms with Gasteiger partial charge in [0, 0.05) is 6.42 Å². The standard InChI is InChI=1S/C14H22N4O9/c1-6(15)12(25)17-7(2-3-9(19)20)14(27)18-8(4-10(21)22)13(26)16-5-11(23)24/h6-8H,2-5,15H2,1H3,(H,16,26)(H,17,25)(H,18,27)(H,19,20)(H,21,22)(H,23,24)/t6-,7-,8+/m0/s1. The topological polar surface area (TPSA) is 225 Å². The SMILES string of the molecule is C[C@H](N)C(=O)N[C@@H](CCC(=O)O)C(=O)N[C@H](CC(=O)O)C(=O)NCC(=O)O. The second-order valence-electron chi connectivity index (χ2n) is 5.55. The second kappa shape index (κ2) is 11.4. The molecule has 0 radical (unpaired) electrons. The Morgan fingerprint density at radius 1 is 0.815 bits per heavy atom. The summed E-state index contributed by atoms with van der Waals surface area (Å²) >= 11 is 0. The predicted molar refractivity (Wildman–Crippen MR) is 87.3 cm³/mol. The summed E-state index contributed by atoms with van der Waals surface area (Å²) in [4.78, 5) is 67.9. The van der Waals surface area contributed by atoms with Crippen molar-refractivity contribution in [2.45, 2.75) is 44.3 Å². The van der Waals surface area contributed by atoms with Gasteiger partial charge in [0.2, 0.25) is 17.7 Å². The van der Waals surface area contributed by atoms with Gasteiger partial charge in [0.05, 0.1) is 12.5 Å². The van der Waals surface area contributed by atoms with Crippen LogP contribution in [0.4, 0.5) is 0 Å². The zero-order valence-corrected chi connectivity index (χ0v) is 14.4. The molecule has 0 spiro atoms. The van der Waals surface area contributed by atoms with Crippen LogP contribution in [0.15, 0.2) is 0 Å². The molecule has 0 aromatic heterocycles. The first kappa shape index (κ1) is 23.8. The third-order valence-electron chi connectivity index (χ3n) is 3.12. The average molecular weight is 390 g/mol. The number of carboxylic acids is 3. The Morgan fingerprint density at radius 3 is 1.81 bits per heavy atom. The highest BCUT2D eigenvalue weighted by atomic mass is 16.4. The number of nitrogens with two attached hydrogens (primary N) is 1. The van der Waals surface area contributed by atoms with Crippen molar-refractivity contribution < 1.29 is 44.1 Å². The third-order valence-corrected chi connectivity index (χ3v) is 3.12. The van der Waals surface area contributed by atoms with Crippen molar-refractivity contribution in [1.29, 1.82) is 0 Å². The molecule has 0 saturated carbocycles. The highest BCUT2D eigenvalue weighted by Crippen LogP contribution is 2.02. The normalized spacial score (nSPS) is 13.6. The van der Waals surface area contributed by atoms with Crippen molar-refractivity contribution >= 4 is 35.6 Å². The summed E-state index contributed by atoms with van der Waals surface area (Å²) in [6, 6.07) is -4.02. The van der Waals surface area contributed by atoms with Gasteiger partial charge in [0.15, 0.2) is 0 Å². The summed E-state index contributed by atoms with van der Waals surface area (Å²) < 4.78 is 0. The zero-order valence-electron chi connectivity index (χ0n) is 14.4. The average Bonchev–Trinajstić information content (AvgIpc) is 2.54. The van der Waals surface area contributed by atoms with E-state index in [1.165, 1.54) is 6.92 Å². The fraction of sp³-hybridized carbons (Fsp3) is 0.571. The van der Waals surface area contributed by atoms with Crippen molar-refractivity contribution in [3.8, 4) is 0 Å². The maximum absolute atomic E-state index is 12.3. The van der Waals surface area contributed by atoms with Gasteiger partial charge < -0.3 is 37.0 Å². The predicted octanol–water partition coefficient (Wildman–Crippen LogP) is -3.16. The minimum Gasteiger partial charge on any atom is -0.481 e. The summed E-state index contributed by atoms with van der Waals surface area (Å²) in [5, 5.41) is 32.3. The Hall–Kier alpha value is -3.22. The fourth-order valence-corrected chi connectivity index (χ4v) is 1.78. The zero-order chi connectivity index (χ0) is 21.1. The van der Waals surface area contributed by atoms with Crippen molar-refractivity contribution in [2.24, 2.45) is 5.73 Å². The van der Waals surface area contributed by atoms with Crippen LogP contribution in [0.3, 0.4) is 0 Å². The van der Waals surface area contributed by atoms with Gasteiger partial charge in [-0.05, 0) is 13.3 Å². The lowest BCUT2D eigenvalue weighted by molar-refractivity contribution is -0.141. The quantitative estimate of drug-likeness (QED) is 0.177. The first-order valence-electron chi connectivity index (χ1n) is 7.73. The fourth-order valence-electron chi connectivity index (χ4n) is 1.78. The van der Waals surface area contributed by atoms with E-state index < -0.39 is 73.1 Å². The lowest BCUT2D eigenvalue weighted by atomic mass is 10.1. The molecule has 0 rings (SSSR count). The van der Waals surface area contributed by atoms with E-state index in [0.29, 0.717) is 0 Å². The molecule has 13 heteroatoms. The number of carboxylic acid groups (broad SMARTS) is 3. The molecule has 3 atom stereocenters. The number of rotatable bonds is 12. The van der Waals surface area contributed by atoms with Gasteiger partial charge in [0.25, 0.3) is 0 Å². The van der Waals surface area contributed by atoms with Crippen LogP contribution in [0, 0.1) is 0 Å². The summed E-state index contributed by atoms with van der Waals surface area (Å²) in [5.74, 6) is -6.92. The van der Waals surface area contributed by atoms with E-state index in [1.54, 1.807) is 0 Å². The van der Waals surface area contributed by atoms with E-state index in [-0.39, 0.29) is 6.42 Å². The van der Waals surface area contributed by atoms with Crippen LogP contribution in [-0.2, 0) is 28.8 Å². The first-order chi connectivity index (χ1) is 12.4. The van der Waals surface area contributed by atoms with Crippen molar-refractivity contribution in [1.82, 2.24) is 16.0 Å². The Morgan fingerprint density at radius 2 is 1.37 bits per heavy atom. The van der Waals surface area contributed by atoms with Gasteiger partial charge >= 0.3 is 17.9 Å². The van der Waals surface area contributed by atoms with Crippen LogP contribution in [0.25, 0.3) is 0 Å². The minimum absolute atomic E-state index is 0.337. The number of carbonyl (C=O) groups is 6. The summed E-state index contributed by atoms with van der Waals surface area (Å²) in [6.45, 7) is 0.531. The van der Waals surface area contributed by atoms with Gasteiger partial charge in [-0.1, -0.05) is 0 Å². The number of aliphatic carboxylic acids is 3. The van der Waals surface area contributed by atoms with Gasteiger partial charge in [-0.15, -0.1) is 0 Å². The highest BCUT2D eigenvalue weighted by Gasteiger charge is 2.29. The summed E-state index contributed by atoms with van der Waals surface area (Å²) in [7, 11) is 0. The number of hydrogen-bond acceptors (Lipinski definition) is 7. The summed E-state index contributed by atoms with van der Waals surface area (Å²) in [5.41, 5.74) is 5.37. The molecule has 0 unspecified atom stereocenters. The smallest absolute Gasteiger partial charge is 0.322 e. The molecule has 3 amide bonds. The second-order valence-corrected chi connectivity index (χ2v) is 5.55. The largest absolute Gasteiger partial charge is 0.481 e. The number of amides is 3. The molecular weight excluding hydrogens is 368 g/mol. The molecule has 0 aliphatic heterocycles. The summed E-state index contributed by atoms with van der Waals surface area (Å²) in [6.07, 6.45) is -1.69. The Balaban J connectivity index is 5.21. The minimum atomic E-state index is -1.63. The van der Waals surface area contributed by atoms with Crippen LogP contribution < -0.4 is 21.7 Å². The molecule has 13 nitrogen and oxygen atoms in total. The number of nitrogens with one attached hydrogen (secondary N) is 3. The molecule has 0 aromatic rings. The molecule has 8 N–H and O–H groups in total. The molecule has 0 saturated heterocycles. The maximum Gasteiger partial charge on any atom is 0.322 e. The molecule has 0 aliphatic rings. The van der Waals surface area contributed by atoms with Crippen LogP contribution in [0.1, 0.15) is 26.2 Å². The molecule has 0 aromatic carbocycles. The van der Waals surface area contributed by atoms with Gasteiger partial charge in [-0.2, -0.15) is 0 Å². The monoisotopic (exact) mass is 390 g/mol. The molecule has 0 aliphatic carbocycles. The van der Waals surface area contributed by atoms with Crippen LogP contribution in [0.5, 0.6) is 0 Å². The maximum atomic E-state index is 12.3. The molecule has 0 fully saturated rings. The molecule has 0 bridgehead atoms. The first-order valence-corrected chi connectivity index (χ1v) is 7.73. The van der Waals surface area contributed by atoms with E-state index in [0.717, 1.165) is 0 Å².